The maximum atomic E-state index is 13.6. The molecule has 2 bridgehead atoms. The van der Waals surface area contributed by atoms with Crippen molar-refractivity contribution in [2.24, 2.45) is 5.92 Å². The Kier molecular flexibility index (Phi) is 9.67. The first-order valence-electron chi connectivity index (χ1n) is 21.5. The van der Waals surface area contributed by atoms with Crippen LogP contribution in [-0.4, -0.2) is 100.0 Å². The van der Waals surface area contributed by atoms with Crippen LogP contribution in [-0.2, 0) is 19.9 Å². The van der Waals surface area contributed by atoms with Gasteiger partial charge in [-0.2, -0.15) is 10.4 Å². The van der Waals surface area contributed by atoms with Crippen molar-refractivity contribution in [1.82, 2.24) is 24.9 Å². The number of benzene rings is 4. The van der Waals surface area contributed by atoms with Gasteiger partial charge < -0.3 is 15.1 Å². The van der Waals surface area contributed by atoms with Crippen LogP contribution >= 0.6 is 0 Å². The van der Waals surface area contributed by atoms with E-state index in [1.165, 1.54) is 5.69 Å². The first-order chi connectivity index (χ1) is 30.0. The molecular formula is C48H47N9O5. The number of imide groups is 2. The highest BCUT2D eigenvalue weighted by molar-refractivity contribution is 6.23. The molecule has 4 saturated heterocycles. The lowest BCUT2D eigenvalue weighted by Gasteiger charge is -2.40. The van der Waals surface area contributed by atoms with Gasteiger partial charge in [0.1, 0.15) is 11.6 Å². The van der Waals surface area contributed by atoms with Crippen LogP contribution in [0.3, 0.4) is 0 Å². The molecule has 5 aromatic rings. The standard InChI is InChI=1S/C48H47N9O5/c1-48(2,47(62)51-41-14-9-31(23-49)37-5-3-4-6-38(37)41)56-26-32(24-50-56)30-7-10-33(11-8-30)53-19-17-29(18-20-53)25-54-27-36-21-35(54)28-55(36)34-12-13-39-40(22-34)46(61)57(45(39)60)42-15-16-43(58)52-44(42)59/h3-14,22,24,26,29,35-36,42H,15-21,25,27-28H2,1-2H3,(H,51,62)(H,52,58,59). The van der Waals surface area contributed by atoms with Crippen LogP contribution in [0.1, 0.15) is 72.2 Å². The van der Waals surface area contributed by atoms with Crippen LogP contribution in [0.2, 0.25) is 0 Å². The van der Waals surface area contributed by atoms with E-state index in [0.717, 1.165) is 84.5 Å². The number of likely N-dealkylation sites (tertiary alicyclic amines) is 1. The summed E-state index contributed by atoms with van der Waals surface area (Å²) in [5.41, 5.74) is 4.93. The third-order valence-electron chi connectivity index (χ3n) is 13.8. The second-order valence-corrected chi connectivity index (χ2v) is 17.8. The second-order valence-electron chi connectivity index (χ2n) is 17.8. The van der Waals surface area contributed by atoms with Crippen molar-refractivity contribution in [2.75, 3.05) is 47.8 Å². The Hall–Kier alpha value is -6.85. The normalized spacial score (nSPS) is 21.8. The van der Waals surface area contributed by atoms with Crippen LogP contribution in [0.15, 0.2) is 91.3 Å². The van der Waals surface area contributed by atoms with Crippen LogP contribution in [0, 0.1) is 17.2 Å². The fraction of sp³-hybridized carbons (Fsp3) is 0.354. The van der Waals surface area contributed by atoms with Gasteiger partial charge in [-0.1, -0.05) is 36.4 Å². The van der Waals surface area contributed by atoms with Crippen LogP contribution in [0.25, 0.3) is 21.9 Å². The smallest absolute Gasteiger partial charge is 0.262 e. The number of nitrogens with zero attached hydrogens (tertiary/aromatic N) is 7. The van der Waals surface area contributed by atoms with E-state index in [4.69, 9.17) is 0 Å². The summed E-state index contributed by atoms with van der Waals surface area (Å²) in [5, 5.41) is 21.1. The molecule has 14 heteroatoms. The zero-order chi connectivity index (χ0) is 42.9. The summed E-state index contributed by atoms with van der Waals surface area (Å²) in [6.07, 6.45) is 7.24. The average molecular weight is 830 g/mol. The number of nitriles is 1. The Labute approximate surface area is 359 Å². The molecule has 5 aliphatic rings. The Morgan fingerprint density at radius 3 is 2.32 bits per heavy atom. The Morgan fingerprint density at radius 2 is 1.60 bits per heavy atom. The Morgan fingerprint density at radius 1 is 0.855 bits per heavy atom. The average Bonchev–Trinajstić information content (AvgIpc) is 4.09. The van der Waals surface area contributed by atoms with Gasteiger partial charge in [0.2, 0.25) is 11.8 Å². The lowest BCUT2D eigenvalue weighted by Crippen LogP contribution is -2.54. The third kappa shape index (κ3) is 6.77. The van der Waals surface area contributed by atoms with Crippen LogP contribution < -0.4 is 20.4 Å². The van der Waals surface area contributed by atoms with E-state index in [-0.39, 0.29) is 24.7 Å². The number of anilines is 3. The number of fused-ring (bicyclic) bond motifs is 4. The van der Waals surface area contributed by atoms with Crippen molar-refractivity contribution in [2.45, 2.75) is 69.6 Å². The summed E-state index contributed by atoms with van der Waals surface area (Å²) in [4.78, 5) is 73.0. The molecule has 6 heterocycles. The molecule has 2 N–H and O–H groups in total. The highest BCUT2D eigenvalue weighted by atomic mass is 16.2. The fourth-order valence-corrected chi connectivity index (χ4v) is 10.2. The van der Waals surface area contributed by atoms with E-state index < -0.39 is 29.3 Å². The van der Waals surface area contributed by atoms with E-state index >= 15 is 0 Å². The van der Waals surface area contributed by atoms with Crippen molar-refractivity contribution < 1.29 is 24.0 Å². The molecule has 5 aliphatic heterocycles. The predicted molar refractivity (Wildman–Crippen MR) is 233 cm³/mol. The molecule has 4 fully saturated rings. The lowest BCUT2D eigenvalue weighted by atomic mass is 9.95. The quantitative estimate of drug-likeness (QED) is 0.181. The van der Waals surface area contributed by atoms with Gasteiger partial charge in [-0.3, -0.25) is 43.8 Å². The first kappa shape index (κ1) is 39.3. The molecule has 1 aromatic heterocycles. The number of piperazine rings is 1. The number of amides is 5. The third-order valence-corrected chi connectivity index (χ3v) is 13.8. The molecule has 0 saturated carbocycles. The molecule has 14 nitrogen and oxygen atoms in total. The van der Waals surface area contributed by atoms with Crippen LogP contribution in [0.4, 0.5) is 17.1 Å². The topological polar surface area (TPSA) is 164 Å². The summed E-state index contributed by atoms with van der Waals surface area (Å²) in [5.74, 6) is -1.54. The second kappa shape index (κ2) is 15.3. The van der Waals surface area contributed by atoms with Gasteiger partial charge in [-0.25, -0.2) is 0 Å². The van der Waals surface area contributed by atoms with Gasteiger partial charge in [0.25, 0.3) is 17.7 Å². The summed E-state index contributed by atoms with van der Waals surface area (Å²) in [7, 11) is 0. The minimum Gasteiger partial charge on any atom is -0.372 e. The Balaban J connectivity index is 0.716. The number of rotatable bonds is 9. The first-order valence-corrected chi connectivity index (χ1v) is 21.5. The summed E-state index contributed by atoms with van der Waals surface area (Å²) < 4.78 is 1.70. The van der Waals surface area contributed by atoms with Gasteiger partial charge in [0.05, 0.1) is 29.0 Å². The molecular weight excluding hydrogens is 783 g/mol. The molecule has 5 amide bonds. The lowest BCUT2D eigenvalue weighted by molar-refractivity contribution is -0.136. The molecule has 0 aliphatic carbocycles. The van der Waals surface area contributed by atoms with Crippen molar-refractivity contribution in [3.63, 3.8) is 0 Å². The number of carbonyl (C=O) groups excluding carboxylic acids is 5. The number of nitrogens with one attached hydrogen (secondary N) is 2. The van der Waals surface area contributed by atoms with Gasteiger partial charge in [-0.15, -0.1) is 0 Å². The van der Waals surface area contributed by atoms with Crippen molar-refractivity contribution >= 4 is 57.4 Å². The molecule has 10 rings (SSSR count). The molecule has 62 heavy (non-hydrogen) atoms. The number of hydrogen-bond donors (Lipinski definition) is 2. The van der Waals surface area contributed by atoms with Crippen molar-refractivity contribution in [1.29, 1.82) is 5.26 Å². The predicted octanol–water partition coefficient (Wildman–Crippen LogP) is 5.53. The number of carbonyl (C=O) groups is 5. The fourth-order valence-electron chi connectivity index (χ4n) is 10.2. The van der Waals surface area contributed by atoms with Gasteiger partial charge in [0.15, 0.2) is 0 Å². The molecule has 314 valence electrons. The van der Waals surface area contributed by atoms with E-state index in [1.54, 1.807) is 29.1 Å². The monoisotopic (exact) mass is 829 g/mol. The minimum absolute atomic E-state index is 0.0953. The minimum atomic E-state index is -0.983. The van der Waals surface area contributed by atoms with E-state index in [0.29, 0.717) is 40.4 Å². The largest absolute Gasteiger partial charge is 0.372 e. The zero-order valence-corrected chi connectivity index (χ0v) is 34.7. The van der Waals surface area contributed by atoms with Crippen molar-refractivity contribution in [3.8, 4) is 17.2 Å². The molecule has 4 aromatic carbocycles. The Bertz CT molecular complexity index is 2710. The highest BCUT2D eigenvalue weighted by Crippen LogP contribution is 2.39. The van der Waals surface area contributed by atoms with Gasteiger partial charge >= 0.3 is 0 Å². The van der Waals surface area contributed by atoms with Crippen LogP contribution in [0.5, 0.6) is 0 Å². The number of aromatic nitrogens is 2. The van der Waals surface area contributed by atoms with E-state index in [9.17, 15) is 29.2 Å². The maximum Gasteiger partial charge on any atom is 0.262 e. The molecule has 0 radical (unpaired) electrons. The summed E-state index contributed by atoms with van der Waals surface area (Å²) in [6, 6.07) is 27.1. The van der Waals surface area contributed by atoms with Gasteiger partial charge in [-0.05, 0) is 93.5 Å². The van der Waals surface area contributed by atoms with E-state index in [1.807, 2.05) is 56.4 Å². The van der Waals surface area contributed by atoms with Crippen molar-refractivity contribution in [3.05, 3.63) is 108 Å². The number of piperidine rings is 2. The van der Waals surface area contributed by atoms with E-state index in [2.05, 4.69) is 60.8 Å². The number of hydrogen-bond acceptors (Lipinski definition) is 10. The molecule has 0 spiro atoms. The highest BCUT2D eigenvalue weighted by Gasteiger charge is 2.47. The summed E-state index contributed by atoms with van der Waals surface area (Å²) >= 11 is 0. The molecule has 3 atom stereocenters. The SMILES string of the molecule is CC(C)(C(=O)Nc1ccc(C#N)c2ccccc12)n1cc(-c2ccc(N3CCC(CN4CC5CC4CN5c4ccc5c(c4)C(=O)N(C4CCC(=O)NC4=O)C5=O)CC3)cc2)cn1. The maximum absolute atomic E-state index is 13.6. The van der Waals surface area contributed by atoms with Gasteiger partial charge in [0, 0.05) is 90.8 Å². The molecule has 3 unspecified atom stereocenters. The summed E-state index contributed by atoms with van der Waals surface area (Å²) in [6.45, 7) is 8.57. The zero-order valence-electron chi connectivity index (χ0n) is 34.7.